The Morgan fingerprint density at radius 2 is 1.46 bits per heavy atom. The van der Waals surface area contributed by atoms with Crippen molar-refractivity contribution in [2.24, 2.45) is 17.8 Å². The number of benzene rings is 1. The van der Waals surface area contributed by atoms with Crippen molar-refractivity contribution < 1.29 is 18.3 Å². The van der Waals surface area contributed by atoms with Crippen molar-refractivity contribution in [2.45, 2.75) is 71.0 Å². The van der Waals surface area contributed by atoms with E-state index < -0.39 is 17.9 Å². The number of halogens is 2. The lowest BCUT2D eigenvalue weighted by Gasteiger charge is -2.32. The molecule has 0 radical (unpaired) electrons. The van der Waals surface area contributed by atoms with Crippen LogP contribution in [0.3, 0.4) is 0 Å². The van der Waals surface area contributed by atoms with Gasteiger partial charge in [0.05, 0.1) is 13.2 Å². The molecule has 2 fully saturated rings. The number of ether oxygens (including phenoxy) is 2. The zero-order valence-electron chi connectivity index (χ0n) is 15.9. The van der Waals surface area contributed by atoms with E-state index in [9.17, 15) is 8.78 Å². The molecule has 1 aliphatic carbocycles. The Bertz CT molecular complexity index is 547. The second-order valence-electron chi connectivity index (χ2n) is 8.14. The van der Waals surface area contributed by atoms with Crippen LogP contribution in [-0.4, -0.2) is 13.2 Å². The first-order valence-corrected chi connectivity index (χ1v) is 10.3. The van der Waals surface area contributed by atoms with E-state index in [4.69, 9.17) is 9.47 Å². The van der Waals surface area contributed by atoms with Gasteiger partial charge in [0.25, 0.3) is 0 Å². The molecule has 0 amide bonds. The SMILES string of the molecule is CCCCC1CCC(CCC2COC(c3ccc(F)c(F)c3)OC2)CC1. The number of hydrogen-bond donors (Lipinski definition) is 0. The average Bonchev–Trinajstić information content (AvgIpc) is 2.68. The lowest BCUT2D eigenvalue weighted by molar-refractivity contribution is -0.206. The van der Waals surface area contributed by atoms with Gasteiger partial charge in [0, 0.05) is 11.5 Å². The molecule has 1 aromatic carbocycles. The van der Waals surface area contributed by atoms with Crippen molar-refractivity contribution in [3.8, 4) is 0 Å². The molecule has 0 atom stereocenters. The Labute approximate surface area is 156 Å². The maximum Gasteiger partial charge on any atom is 0.183 e. The van der Waals surface area contributed by atoms with E-state index in [0.717, 1.165) is 30.4 Å². The highest BCUT2D eigenvalue weighted by molar-refractivity contribution is 5.19. The van der Waals surface area contributed by atoms with Crippen LogP contribution in [0.4, 0.5) is 8.78 Å². The van der Waals surface area contributed by atoms with Gasteiger partial charge in [-0.15, -0.1) is 0 Å². The molecule has 146 valence electrons. The topological polar surface area (TPSA) is 18.5 Å². The van der Waals surface area contributed by atoms with Crippen molar-refractivity contribution in [3.63, 3.8) is 0 Å². The van der Waals surface area contributed by atoms with Gasteiger partial charge in [-0.2, -0.15) is 0 Å². The summed E-state index contributed by atoms with van der Waals surface area (Å²) in [6.07, 6.45) is 11.5. The fourth-order valence-electron chi connectivity index (χ4n) is 4.33. The van der Waals surface area contributed by atoms with E-state index in [1.54, 1.807) is 0 Å². The molecule has 0 unspecified atom stereocenters. The molecular formula is C22H32F2O2. The first kappa shape index (κ1) is 19.8. The first-order valence-electron chi connectivity index (χ1n) is 10.3. The van der Waals surface area contributed by atoms with Gasteiger partial charge in [-0.1, -0.05) is 64.4 Å². The summed E-state index contributed by atoms with van der Waals surface area (Å²) in [7, 11) is 0. The summed E-state index contributed by atoms with van der Waals surface area (Å²) >= 11 is 0. The second kappa shape index (κ2) is 9.80. The summed E-state index contributed by atoms with van der Waals surface area (Å²) in [5, 5.41) is 0. The molecule has 0 bridgehead atoms. The molecule has 0 aromatic heterocycles. The zero-order valence-corrected chi connectivity index (χ0v) is 15.9. The minimum atomic E-state index is -0.855. The fraction of sp³-hybridized carbons (Fsp3) is 0.727. The number of hydrogen-bond acceptors (Lipinski definition) is 2. The quantitative estimate of drug-likeness (QED) is 0.555. The Hall–Kier alpha value is -1.00. The predicted octanol–water partition coefficient (Wildman–Crippen LogP) is 6.40. The minimum Gasteiger partial charge on any atom is -0.348 e. The molecule has 2 aliphatic rings. The van der Waals surface area contributed by atoms with E-state index >= 15 is 0 Å². The molecule has 1 aliphatic heterocycles. The Morgan fingerprint density at radius 3 is 2.08 bits per heavy atom. The molecule has 2 nitrogen and oxygen atoms in total. The maximum absolute atomic E-state index is 13.3. The largest absolute Gasteiger partial charge is 0.348 e. The van der Waals surface area contributed by atoms with Gasteiger partial charge in [0.2, 0.25) is 0 Å². The summed E-state index contributed by atoms with van der Waals surface area (Å²) in [5.74, 6) is 0.536. The van der Waals surface area contributed by atoms with Gasteiger partial charge in [-0.05, 0) is 30.4 Å². The number of rotatable bonds is 7. The first-order chi connectivity index (χ1) is 12.7. The lowest BCUT2D eigenvalue weighted by Crippen LogP contribution is -2.28. The highest BCUT2D eigenvalue weighted by Crippen LogP contribution is 2.36. The second-order valence-corrected chi connectivity index (χ2v) is 8.14. The molecule has 0 N–H and O–H groups in total. The molecule has 3 rings (SSSR count). The normalized spacial score (nSPS) is 29.7. The standard InChI is InChI=1S/C22H32F2O2/c1-2-3-4-16-5-7-17(8-6-16)9-10-18-14-25-22(26-15-18)19-11-12-20(23)21(24)13-19/h11-13,16-18,22H,2-10,14-15H2,1H3. The monoisotopic (exact) mass is 366 g/mol. The molecule has 1 aromatic rings. The molecule has 1 saturated heterocycles. The van der Waals surface area contributed by atoms with Crippen molar-refractivity contribution >= 4 is 0 Å². The third-order valence-electron chi connectivity index (χ3n) is 6.10. The van der Waals surface area contributed by atoms with Crippen LogP contribution in [0.25, 0.3) is 0 Å². The van der Waals surface area contributed by atoms with Crippen LogP contribution in [0.15, 0.2) is 18.2 Å². The van der Waals surface area contributed by atoms with Crippen molar-refractivity contribution in [2.75, 3.05) is 13.2 Å². The predicted molar refractivity (Wildman–Crippen MR) is 98.7 cm³/mol. The van der Waals surface area contributed by atoms with Gasteiger partial charge in [-0.3, -0.25) is 0 Å². The van der Waals surface area contributed by atoms with Gasteiger partial charge >= 0.3 is 0 Å². The van der Waals surface area contributed by atoms with Crippen LogP contribution >= 0.6 is 0 Å². The van der Waals surface area contributed by atoms with Crippen LogP contribution in [0.1, 0.15) is 76.6 Å². The van der Waals surface area contributed by atoms with E-state index in [1.807, 2.05) is 0 Å². The summed E-state index contributed by atoms with van der Waals surface area (Å²) < 4.78 is 37.9. The highest BCUT2D eigenvalue weighted by atomic mass is 19.2. The van der Waals surface area contributed by atoms with Gasteiger partial charge < -0.3 is 9.47 Å². The Kier molecular flexibility index (Phi) is 7.44. The van der Waals surface area contributed by atoms with E-state index in [1.165, 1.54) is 57.4 Å². The zero-order chi connectivity index (χ0) is 18.4. The summed E-state index contributed by atoms with van der Waals surface area (Å²) in [6, 6.07) is 3.82. The van der Waals surface area contributed by atoms with E-state index in [2.05, 4.69) is 6.92 Å². The smallest absolute Gasteiger partial charge is 0.183 e. The molecule has 0 spiro atoms. The fourth-order valence-corrected chi connectivity index (χ4v) is 4.33. The lowest BCUT2D eigenvalue weighted by atomic mass is 9.77. The number of unbranched alkanes of at least 4 members (excludes halogenated alkanes) is 1. The van der Waals surface area contributed by atoms with Crippen LogP contribution in [0.2, 0.25) is 0 Å². The van der Waals surface area contributed by atoms with Crippen molar-refractivity contribution in [1.82, 2.24) is 0 Å². The van der Waals surface area contributed by atoms with Crippen LogP contribution in [0, 0.1) is 29.4 Å². The molecular weight excluding hydrogens is 334 g/mol. The van der Waals surface area contributed by atoms with Crippen LogP contribution in [0.5, 0.6) is 0 Å². The molecule has 1 heterocycles. The highest BCUT2D eigenvalue weighted by Gasteiger charge is 2.26. The van der Waals surface area contributed by atoms with E-state index in [0.29, 0.717) is 24.7 Å². The third kappa shape index (κ3) is 5.50. The van der Waals surface area contributed by atoms with Gasteiger partial charge in [-0.25, -0.2) is 8.78 Å². The summed E-state index contributed by atoms with van der Waals surface area (Å²) in [6.45, 7) is 3.54. The van der Waals surface area contributed by atoms with Crippen molar-refractivity contribution in [1.29, 1.82) is 0 Å². The maximum atomic E-state index is 13.3. The van der Waals surface area contributed by atoms with Gasteiger partial charge in [0.1, 0.15) is 0 Å². The average molecular weight is 366 g/mol. The summed E-state index contributed by atoms with van der Waals surface area (Å²) in [5.41, 5.74) is 0.549. The minimum absolute atomic E-state index is 0.411. The summed E-state index contributed by atoms with van der Waals surface area (Å²) in [4.78, 5) is 0. The molecule has 4 heteroatoms. The van der Waals surface area contributed by atoms with Crippen molar-refractivity contribution in [3.05, 3.63) is 35.4 Å². The molecule has 1 saturated carbocycles. The Balaban J connectivity index is 1.35. The molecule has 26 heavy (non-hydrogen) atoms. The van der Waals surface area contributed by atoms with Gasteiger partial charge in [0.15, 0.2) is 17.9 Å². The van der Waals surface area contributed by atoms with Crippen LogP contribution in [-0.2, 0) is 9.47 Å². The Morgan fingerprint density at radius 1 is 0.846 bits per heavy atom. The third-order valence-corrected chi connectivity index (χ3v) is 6.10. The van der Waals surface area contributed by atoms with Crippen LogP contribution < -0.4 is 0 Å². The van der Waals surface area contributed by atoms with E-state index in [-0.39, 0.29) is 0 Å².